The molecule has 1 aliphatic carbocycles. The molecule has 1 fully saturated rings. The molecule has 7 heteroatoms. The Balaban J connectivity index is 0.00000288. The molecule has 0 bridgehead atoms. The molecular formula is C17H27IN4O2. The van der Waals surface area contributed by atoms with Crippen LogP contribution in [0.1, 0.15) is 32.1 Å². The Hall–Kier alpha value is -1.51. The molecule has 0 aromatic heterocycles. The van der Waals surface area contributed by atoms with Crippen molar-refractivity contribution >= 4 is 41.5 Å². The van der Waals surface area contributed by atoms with Crippen LogP contribution in [0.25, 0.3) is 0 Å². The molecule has 0 spiro atoms. The van der Waals surface area contributed by atoms with Crippen molar-refractivity contribution in [2.45, 2.75) is 32.1 Å². The highest BCUT2D eigenvalue weighted by Crippen LogP contribution is 2.23. The molecule has 1 amide bonds. The van der Waals surface area contributed by atoms with E-state index in [1.807, 2.05) is 24.3 Å². The van der Waals surface area contributed by atoms with Gasteiger partial charge >= 0.3 is 0 Å². The smallest absolute Gasteiger partial charge is 0.223 e. The zero-order chi connectivity index (χ0) is 16.5. The van der Waals surface area contributed by atoms with Gasteiger partial charge in [0.05, 0.1) is 19.3 Å². The lowest BCUT2D eigenvalue weighted by Gasteiger charge is -2.20. The molecule has 4 N–H and O–H groups in total. The number of hydrogen-bond acceptors (Lipinski definition) is 3. The maximum absolute atomic E-state index is 12.0. The quantitative estimate of drug-likeness (QED) is 0.271. The fraction of sp³-hybridized carbons (Fsp3) is 0.529. The van der Waals surface area contributed by atoms with E-state index in [1.165, 1.54) is 6.42 Å². The lowest BCUT2D eigenvalue weighted by atomic mass is 9.89. The van der Waals surface area contributed by atoms with Gasteiger partial charge in [-0.05, 0) is 25.0 Å². The first-order valence-corrected chi connectivity index (χ1v) is 8.18. The topological polar surface area (TPSA) is 88.7 Å². The zero-order valence-corrected chi connectivity index (χ0v) is 16.4. The number of para-hydroxylation sites is 2. The number of amides is 1. The predicted octanol–water partition coefficient (Wildman–Crippen LogP) is 2.74. The summed E-state index contributed by atoms with van der Waals surface area (Å²) < 4.78 is 5.24. The standard InChI is InChI=1S/C17H26N4O2.HI/c1-23-15-10-6-5-9-14(15)21-17(18)20-12-11-19-16(22)13-7-3-2-4-8-13;/h5-6,9-10,13H,2-4,7-8,11-12H2,1H3,(H,19,22)(H3,18,20,21);1H. The van der Waals surface area contributed by atoms with Crippen molar-refractivity contribution < 1.29 is 9.53 Å². The number of nitrogens with two attached hydrogens (primary N) is 1. The molecule has 0 aliphatic heterocycles. The van der Waals surface area contributed by atoms with E-state index in [4.69, 9.17) is 10.5 Å². The summed E-state index contributed by atoms with van der Waals surface area (Å²) in [5.41, 5.74) is 6.63. The molecule has 1 aliphatic rings. The highest BCUT2D eigenvalue weighted by atomic mass is 127. The van der Waals surface area contributed by atoms with Gasteiger partial charge in [-0.2, -0.15) is 0 Å². The van der Waals surface area contributed by atoms with Crippen molar-refractivity contribution in [1.82, 2.24) is 5.32 Å². The maximum Gasteiger partial charge on any atom is 0.223 e. The number of nitrogens with zero attached hydrogens (tertiary/aromatic N) is 1. The molecule has 0 heterocycles. The molecule has 134 valence electrons. The number of carbonyl (C=O) groups excluding carboxylic acids is 1. The van der Waals surface area contributed by atoms with E-state index < -0.39 is 0 Å². The second kappa shape index (κ2) is 11.1. The minimum Gasteiger partial charge on any atom is -0.495 e. The summed E-state index contributed by atoms with van der Waals surface area (Å²) in [5.74, 6) is 1.34. The summed E-state index contributed by atoms with van der Waals surface area (Å²) in [4.78, 5) is 16.2. The van der Waals surface area contributed by atoms with Crippen LogP contribution in [0.2, 0.25) is 0 Å². The van der Waals surface area contributed by atoms with E-state index in [-0.39, 0.29) is 35.8 Å². The molecule has 0 unspecified atom stereocenters. The van der Waals surface area contributed by atoms with Gasteiger partial charge in [-0.1, -0.05) is 31.4 Å². The molecule has 6 nitrogen and oxygen atoms in total. The van der Waals surface area contributed by atoms with E-state index in [2.05, 4.69) is 15.6 Å². The molecule has 24 heavy (non-hydrogen) atoms. The molecule has 0 saturated heterocycles. The van der Waals surface area contributed by atoms with Gasteiger partial charge in [0.2, 0.25) is 5.91 Å². The van der Waals surface area contributed by atoms with Crippen LogP contribution < -0.4 is 21.1 Å². The molecule has 2 rings (SSSR count). The number of anilines is 1. The Kier molecular flexibility index (Phi) is 9.51. The number of guanidine groups is 1. The van der Waals surface area contributed by atoms with Gasteiger partial charge in [0, 0.05) is 12.5 Å². The second-order valence-electron chi connectivity index (χ2n) is 5.72. The van der Waals surface area contributed by atoms with Crippen LogP contribution in [0, 0.1) is 5.92 Å². The summed E-state index contributed by atoms with van der Waals surface area (Å²) >= 11 is 0. The van der Waals surface area contributed by atoms with Crippen LogP contribution in [0.15, 0.2) is 29.3 Å². The highest BCUT2D eigenvalue weighted by molar-refractivity contribution is 14.0. The lowest BCUT2D eigenvalue weighted by Crippen LogP contribution is -2.34. The SMILES string of the molecule is COc1ccccc1NC(N)=NCCNC(=O)C1CCCCC1.I. The largest absolute Gasteiger partial charge is 0.495 e. The van der Waals surface area contributed by atoms with E-state index in [0.717, 1.165) is 31.4 Å². The van der Waals surface area contributed by atoms with Crippen molar-refractivity contribution in [2.75, 3.05) is 25.5 Å². The third kappa shape index (κ3) is 6.54. The van der Waals surface area contributed by atoms with Crippen molar-refractivity contribution in [1.29, 1.82) is 0 Å². The van der Waals surface area contributed by atoms with E-state index in [0.29, 0.717) is 24.8 Å². The van der Waals surface area contributed by atoms with Crippen LogP contribution in [0.5, 0.6) is 5.75 Å². The van der Waals surface area contributed by atoms with Crippen LogP contribution >= 0.6 is 24.0 Å². The highest BCUT2D eigenvalue weighted by Gasteiger charge is 2.20. The monoisotopic (exact) mass is 446 g/mol. The summed E-state index contributed by atoms with van der Waals surface area (Å²) in [6.45, 7) is 0.954. The minimum atomic E-state index is 0. The Bertz CT molecular complexity index is 545. The second-order valence-corrected chi connectivity index (χ2v) is 5.72. The van der Waals surface area contributed by atoms with Gasteiger partial charge in [0.1, 0.15) is 5.75 Å². The first kappa shape index (κ1) is 20.5. The summed E-state index contributed by atoms with van der Waals surface area (Å²) in [5, 5.41) is 5.94. The number of rotatable bonds is 6. The Morgan fingerprint density at radius 2 is 2.00 bits per heavy atom. The molecule has 0 radical (unpaired) electrons. The number of halogens is 1. The third-order valence-corrected chi connectivity index (χ3v) is 4.04. The van der Waals surface area contributed by atoms with Crippen molar-refractivity contribution in [3.05, 3.63) is 24.3 Å². The number of methoxy groups -OCH3 is 1. The normalized spacial score (nSPS) is 15.3. The van der Waals surface area contributed by atoms with Crippen LogP contribution in [-0.4, -0.2) is 32.1 Å². The fourth-order valence-electron chi connectivity index (χ4n) is 2.79. The van der Waals surface area contributed by atoms with Gasteiger partial charge in [0.15, 0.2) is 5.96 Å². The van der Waals surface area contributed by atoms with Crippen molar-refractivity contribution in [3.63, 3.8) is 0 Å². The van der Waals surface area contributed by atoms with E-state index in [9.17, 15) is 4.79 Å². The molecule has 0 atom stereocenters. The number of aliphatic imine (C=N–C) groups is 1. The van der Waals surface area contributed by atoms with Gasteiger partial charge in [-0.25, -0.2) is 0 Å². The number of hydrogen-bond donors (Lipinski definition) is 3. The Morgan fingerprint density at radius 3 is 2.71 bits per heavy atom. The molecular weight excluding hydrogens is 419 g/mol. The third-order valence-electron chi connectivity index (χ3n) is 4.04. The van der Waals surface area contributed by atoms with Crippen LogP contribution in [0.3, 0.4) is 0 Å². The van der Waals surface area contributed by atoms with Gasteiger partial charge in [-0.15, -0.1) is 24.0 Å². The van der Waals surface area contributed by atoms with E-state index in [1.54, 1.807) is 7.11 Å². The Labute approximate surface area is 160 Å². The van der Waals surface area contributed by atoms with Crippen molar-refractivity contribution in [3.8, 4) is 5.75 Å². The molecule has 1 saturated carbocycles. The fourth-order valence-corrected chi connectivity index (χ4v) is 2.79. The summed E-state index contributed by atoms with van der Waals surface area (Å²) in [6.07, 6.45) is 5.58. The van der Waals surface area contributed by atoms with Gasteiger partial charge in [0.25, 0.3) is 0 Å². The van der Waals surface area contributed by atoms with Crippen LogP contribution in [-0.2, 0) is 4.79 Å². The number of nitrogens with one attached hydrogen (secondary N) is 2. The van der Waals surface area contributed by atoms with Crippen molar-refractivity contribution in [2.24, 2.45) is 16.6 Å². The molecule has 1 aromatic carbocycles. The first-order valence-electron chi connectivity index (χ1n) is 8.18. The van der Waals surface area contributed by atoms with Crippen LogP contribution in [0.4, 0.5) is 5.69 Å². The summed E-state index contributed by atoms with van der Waals surface area (Å²) in [7, 11) is 1.61. The Morgan fingerprint density at radius 1 is 1.29 bits per heavy atom. The zero-order valence-electron chi connectivity index (χ0n) is 14.1. The maximum atomic E-state index is 12.0. The van der Waals surface area contributed by atoms with Gasteiger partial charge in [-0.3, -0.25) is 9.79 Å². The molecule has 1 aromatic rings. The lowest BCUT2D eigenvalue weighted by molar-refractivity contribution is -0.125. The number of ether oxygens (including phenoxy) is 1. The predicted molar refractivity (Wildman–Crippen MR) is 108 cm³/mol. The summed E-state index contributed by atoms with van der Waals surface area (Å²) in [6, 6.07) is 7.49. The van der Waals surface area contributed by atoms with E-state index >= 15 is 0 Å². The minimum absolute atomic E-state index is 0. The number of benzene rings is 1. The average molecular weight is 446 g/mol. The van der Waals surface area contributed by atoms with Gasteiger partial charge < -0.3 is 21.1 Å². The first-order chi connectivity index (χ1) is 11.2. The number of carbonyl (C=O) groups is 1. The average Bonchev–Trinajstić information content (AvgIpc) is 2.59.